The molecule has 0 saturated carbocycles. The number of anilines is 1. The lowest BCUT2D eigenvalue weighted by Crippen LogP contribution is -2.33. The number of fused-ring (bicyclic) bond motifs is 1. The highest BCUT2D eigenvalue weighted by Gasteiger charge is 2.21. The van der Waals surface area contributed by atoms with E-state index >= 15 is 0 Å². The number of aryl methyl sites for hydroxylation is 1. The van der Waals surface area contributed by atoms with Crippen molar-refractivity contribution in [2.45, 2.75) is 31.1 Å². The van der Waals surface area contributed by atoms with Gasteiger partial charge in [0, 0.05) is 13.0 Å². The van der Waals surface area contributed by atoms with Crippen molar-refractivity contribution in [3.63, 3.8) is 0 Å². The molecular weight excluding hydrogens is 458 g/mol. The van der Waals surface area contributed by atoms with Gasteiger partial charge in [-0.25, -0.2) is 13.4 Å². The zero-order valence-corrected chi connectivity index (χ0v) is 21.2. The molecule has 3 rings (SSSR count). The summed E-state index contributed by atoms with van der Waals surface area (Å²) in [5, 5.41) is 0.664. The van der Waals surface area contributed by atoms with Crippen molar-refractivity contribution in [1.82, 2.24) is 9.88 Å². The first-order valence-corrected chi connectivity index (χ1v) is 13.4. The third kappa shape index (κ3) is 6.75. The topological polar surface area (TPSA) is 79.8 Å². The Labute approximate surface area is 199 Å². The van der Waals surface area contributed by atoms with Crippen molar-refractivity contribution >= 4 is 42.4 Å². The molecule has 7 nitrogen and oxygen atoms in total. The SMILES string of the molecule is COc1ccc(S(=O)(=O)CCCC(=O)N(CCCN(C)C)c2nc3ccc(C)cc3s2)cc1. The van der Waals surface area contributed by atoms with Gasteiger partial charge in [0.15, 0.2) is 15.0 Å². The maximum absolute atomic E-state index is 13.1. The van der Waals surface area contributed by atoms with Gasteiger partial charge in [-0.15, -0.1) is 0 Å². The first kappa shape index (κ1) is 25.1. The first-order chi connectivity index (χ1) is 15.7. The maximum Gasteiger partial charge on any atom is 0.228 e. The number of amides is 1. The Bertz CT molecular complexity index is 1190. The summed E-state index contributed by atoms with van der Waals surface area (Å²) in [7, 11) is 2.06. The number of hydrogen-bond acceptors (Lipinski definition) is 7. The van der Waals surface area contributed by atoms with E-state index < -0.39 is 9.84 Å². The van der Waals surface area contributed by atoms with Crippen LogP contribution in [0.15, 0.2) is 47.4 Å². The number of benzene rings is 2. The molecule has 0 radical (unpaired) electrons. The molecule has 0 saturated heterocycles. The van der Waals surface area contributed by atoms with Crippen molar-refractivity contribution in [3.8, 4) is 5.75 Å². The van der Waals surface area contributed by atoms with Gasteiger partial charge >= 0.3 is 0 Å². The van der Waals surface area contributed by atoms with Gasteiger partial charge in [0.25, 0.3) is 0 Å². The molecule has 0 aliphatic rings. The first-order valence-electron chi connectivity index (χ1n) is 10.9. The van der Waals surface area contributed by atoms with E-state index in [2.05, 4.69) is 16.0 Å². The average molecular weight is 490 g/mol. The second-order valence-corrected chi connectivity index (χ2v) is 11.4. The van der Waals surface area contributed by atoms with E-state index in [1.807, 2.05) is 33.2 Å². The molecule has 9 heteroatoms. The highest BCUT2D eigenvalue weighted by atomic mass is 32.2. The van der Waals surface area contributed by atoms with Crippen molar-refractivity contribution in [2.75, 3.05) is 44.9 Å². The lowest BCUT2D eigenvalue weighted by Gasteiger charge is -2.21. The van der Waals surface area contributed by atoms with Gasteiger partial charge in [0.1, 0.15) is 5.75 Å². The number of carbonyl (C=O) groups excluding carboxylic acids is 1. The third-order valence-electron chi connectivity index (χ3n) is 5.27. The minimum atomic E-state index is -3.47. The van der Waals surface area contributed by atoms with Crippen LogP contribution >= 0.6 is 11.3 Å². The monoisotopic (exact) mass is 489 g/mol. The van der Waals surface area contributed by atoms with E-state index in [1.54, 1.807) is 17.0 Å². The summed E-state index contributed by atoms with van der Waals surface area (Å²) in [6, 6.07) is 12.4. The van der Waals surface area contributed by atoms with Crippen LogP contribution in [0.25, 0.3) is 10.2 Å². The fourth-order valence-corrected chi connectivity index (χ4v) is 5.87. The van der Waals surface area contributed by atoms with Crippen LogP contribution in [0, 0.1) is 6.92 Å². The van der Waals surface area contributed by atoms with Gasteiger partial charge in [0.05, 0.1) is 28.0 Å². The van der Waals surface area contributed by atoms with Crippen LogP contribution in [0.1, 0.15) is 24.8 Å². The zero-order valence-electron chi connectivity index (χ0n) is 19.6. The van der Waals surface area contributed by atoms with Crippen LogP contribution in [-0.4, -0.2) is 64.3 Å². The van der Waals surface area contributed by atoms with Gasteiger partial charge in [-0.3, -0.25) is 9.69 Å². The summed E-state index contributed by atoms with van der Waals surface area (Å²) in [4.78, 5) is 21.8. The number of sulfone groups is 1. The minimum absolute atomic E-state index is 0.0877. The van der Waals surface area contributed by atoms with Crippen LogP contribution in [0.4, 0.5) is 5.13 Å². The molecule has 178 valence electrons. The van der Waals surface area contributed by atoms with Crippen molar-refractivity contribution in [2.24, 2.45) is 0 Å². The number of ether oxygens (including phenoxy) is 1. The molecule has 0 spiro atoms. The largest absolute Gasteiger partial charge is 0.497 e. The quantitative estimate of drug-likeness (QED) is 0.403. The molecular formula is C24H31N3O4S2. The number of thiazole rings is 1. The molecule has 0 aliphatic heterocycles. The van der Waals surface area contributed by atoms with Crippen LogP contribution < -0.4 is 9.64 Å². The Morgan fingerprint density at radius 2 is 1.79 bits per heavy atom. The number of methoxy groups -OCH3 is 1. The molecule has 0 bridgehead atoms. The summed E-state index contributed by atoms with van der Waals surface area (Å²) in [6.07, 6.45) is 1.20. The van der Waals surface area contributed by atoms with Crippen molar-refractivity contribution in [1.29, 1.82) is 0 Å². The second-order valence-electron chi connectivity index (χ2n) is 8.27. The number of aromatic nitrogens is 1. The summed E-state index contributed by atoms with van der Waals surface area (Å²) in [5.74, 6) is 0.410. The van der Waals surface area contributed by atoms with Gasteiger partial charge in [-0.2, -0.15) is 0 Å². The predicted octanol–water partition coefficient (Wildman–Crippen LogP) is 4.15. The van der Waals surface area contributed by atoms with Gasteiger partial charge in [0.2, 0.25) is 5.91 Å². The zero-order chi connectivity index (χ0) is 24.0. The van der Waals surface area contributed by atoms with Gasteiger partial charge < -0.3 is 9.64 Å². The number of rotatable bonds is 11. The second kappa shape index (κ2) is 11.1. The van der Waals surface area contributed by atoms with E-state index in [0.29, 0.717) is 17.4 Å². The molecule has 1 heterocycles. The molecule has 2 aromatic carbocycles. The van der Waals surface area contributed by atoms with Crippen molar-refractivity contribution < 1.29 is 17.9 Å². The number of nitrogens with zero attached hydrogens (tertiary/aromatic N) is 3. The summed E-state index contributed by atoms with van der Waals surface area (Å²) >= 11 is 1.50. The highest BCUT2D eigenvalue weighted by Crippen LogP contribution is 2.30. The van der Waals surface area contributed by atoms with Crippen molar-refractivity contribution in [3.05, 3.63) is 48.0 Å². The third-order valence-corrected chi connectivity index (χ3v) is 8.13. The van der Waals surface area contributed by atoms with Crippen LogP contribution in [-0.2, 0) is 14.6 Å². The smallest absolute Gasteiger partial charge is 0.228 e. The molecule has 33 heavy (non-hydrogen) atoms. The Kier molecular flexibility index (Phi) is 8.45. The Balaban J connectivity index is 1.69. The maximum atomic E-state index is 13.1. The number of hydrogen-bond donors (Lipinski definition) is 0. The lowest BCUT2D eigenvalue weighted by atomic mass is 10.2. The average Bonchev–Trinajstić information content (AvgIpc) is 3.19. The van der Waals surface area contributed by atoms with E-state index in [1.165, 1.54) is 30.6 Å². The molecule has 1 aromatic heterocycles. The molecule has 0 atom stereocenters. The molecule has 0 N–H and O–H groups in total. The molecule has 1 amide bonds. The summed E-state index contributed by atoms with van der Waals surface area (Å²) in [6.45, 7) is 3.42. The Morgan fingerprint density at radius 3 is 2.45 bits per heavy atom. The van der Waals surface area contributed by atoms with E-state index in [4.69, 9.17) is 4.74 Å². The number of carbonyl (C=O) groups is 1. The van der Waals surface area contributed by atoms with E-state index in [-0.39, 0.29) is 29.4 Å². The molecule has 3 aromatic rings. The molecule has 0 unspecified atom stereocenters. The predicted molar refractivity (Wildman–Crippen MR) is 134 cm³/mol. The highest BCUT2D eigenvalue weighted by molar-refractivity contribution is 7.91. The standard InChI is InChI=1S/C24H31N3O4S2/c1-18-8-13-21-22(17-18)32-24(25-21)27(15-6-14-26(2)3)23(28)7-5-16-33(29,30)20-11-9-19(31-4)10-12-20/h8-13,17H,5-7,14-16H2,1-4H3. The normalized spacial score (nSPS) is 11.8. The van der Waals surface area contributed by atoms with Crippen LogP contribution in [0.2, 0.25) is 0 Å². The van der Waals surface area contributed by atoms with E-state index in [9.17, 15) is 13.2 Å². The molecule has 0 aliphatic carbocycles. The van der Waals surface area contributed by atoms with Gasteiger partial charge in [-0.1, -0.05) is 17.4 Å². The fraction of sp³-hybridized carbons (Fsp3) is 0.417. The van der Waals surface area contributed by atoms with Crippen LogP contribution in [0.5, 0.6) is 5.75 Å². The Morgan fingerprint density at radius 1 is 1.06 bits per heavy atom. The van der Waals surface area contributed by atoms with Crippen LogP contribution in [0.3, 0.4) is 0 Å². The Hall–Kier alpha value is -2.49. The lowest BCUT2D eigenvalue weighted by molar-refractivity contribution is -0.118. The summed E-state index contributed by atoms with van der Waals surface area (Å²) < 4.78 is 31.5. The summed E-state index contributed by atoms with van der Waals surface area (Å²) in [5.41, 5.74) is 2.01. The fourth-order valence-electron chi connectivity index (χ4n) is 3.46. The van der Waals surface area contributed by atoms with E-state index in [0.717, 1.165) is 28.7 Å². The van der Waals surface area contributed by atoms with Gasteiger partial charge in [-0.05, 0) is 82.4 Å². The minimum Gasteiger partial charge on any atom is -0.497 e. The molecule has 0 fully saturated rings.